The average Bonchev–Trinajstić information content (AvgIpc) is 3.35. The van der Waals surface area contributed by atoms with Crippen LogP contribution in [0.25, 0.3) is 32.6 Å². The monoisotopic (exact) mass is 369 g/mol. The summed E-state index contributed by atoms with van der Waals surface area (Å²) in [4.78, 5) is 25.3. The van der Waals surface area contributed by atoms with E-state index in [9.17, 15) is 9.59 Å². The van der Waals surface area contributed by atoms with Gasteiger partial charge in [0.1, 0.15) is 5.58 Å². The van der Waals surface area contributed by atoms with Crippen LogP contribution < -0.4 is 0 Å². The van der Waals surface area contributed by atoms with E-state index < -0.39 is 5.97 Å². The van der Waals surface area contributed by atoms with Crippen molar-refractivity contribution in [1.29, 1.82) is 0 Å². The van der Waals surface area contributed by atoms with Gasteiger partial charge in [0, 0.05) is 17.0 Å². The molecular formula is C23H15NO4. The first kappa shape index (κ1) is 16.3. The fraction of sp³-hybridized carbons (Fsp3) is 0.0435. The van der Waals surface area contributed by atoms with E-state index in [1.165, 1.54) is 17.9 Å². The maximum Gasteiger partial charge on any atom is 0.340 e. The number of methoxy groups -OCH3 is 1. The molecule has 5 heteroatoms. The minimum Gasteiger partial charge on any atom is -0.465 e. The van der Waals surface area contributed by atoms with Crippen LogP contribution in [-0.4, -0.2) is 23.6 Å². The van der Waals surface area contributed by atoms with Gasteiger partial charge in [-0.1, -0.05) is 48.5 Å². The Balaban J connectivity index is 1.70. The largest absolute Gasteiger partial charge is 0.465 e. The lowest BCUT2D eigenvalue weighted by Gasteiger charge is -2.00. The zero-order chi connectivity index (χ0) is 19.3. The standard InChI is InChI=1S/C23H15NO4/c1-27-23(26)18-13-24(19-9-5-4-8-16(18)19)22(25)21-12-17-15-7-3-2-6-14(15)10-11-20(17)28-21/h2-13H,1H3. The molecule has 5 rings (SSSR count). The highest BCUT2D eigenvalue weighted by Gasteiger charge is 2.22. The van der Waals surface area contributed by atoms with Crippen molar-refractivity contribution >= 4 is 44.5 Å². The summed E-state index contributed by atoms with van der Waals surface area (Å²) in [6, 6.07) is 20.8. The van der Waals surface area contributed by atoms with Crippen LogP contribution in [-0.2, 0) is 4.74 Å². The van der Waals surface area contributed by atoms with Crippen molar-refractivity contribution in [3.8, 4) is 0 Å². The zero-order valence-electron chi connectivity index (χ0n) is 15.0. The number of esters is 1. The minimum absolute atomic E-state index is 0.212. The summed E-state index contributed by atoms with van der Waals surface area (Å²) in [6.45, 7) is 0. The van der Waals surface area contributed by atoms with Gasteiger partial charge in [0.05, 0.1) is 18.2 Å². The van der Waals surface area contributed by atoms with E-state index >= 15 is 0 Å². The predicted octanol–water partition coefficient (Wildman–Crippen LogP) is 5.02. The molecule has 0 aliphatic heterocycles. The van der Waals surface area contributed by atoms with Gasteiger partial charge in [-0.15, -0.1) is 0 Å². The molecule has 0 atom stereocenters. The molecule has 0 amide bonds. The van der Waals surface area contributed by atoms with Crippen molar-refractivity contribution in [3.63, 3.8) is 0 Å². The van der Waals surface area contributed by atoms with E-state index in [0.29, 0.717) is 22.0 Å². The highest BCUT2D eigenvalue weighted by Crippen LogP contribution is 2.30. The van der Waals surface area contributed by atoms with E-state index in [1.54, 1.807) is 18.2 Å². The SMILES string of the molecule is COC(=O)c1cn(C(=O)c2cc3c(ccc4ccccc43)o2)c2ccccc12. The number of rotatable bonds is 2. The normalized spacial score (nSPS) is 11.3. The molecule has 2 heterocycles. The second-order valence-electron chi connectivity index (χ2n) is 6.54. The molecule has 0 saturated heterocycles. The summed E-state index contributed by atoms with van der Waals surface area (Å²) < 4.78 is 12.1. The second-order valence-corrected chi connectivity index (χ2v) is 6.54. The number of hydrogen-bond donors (Lipinski definition) is 0. The summed E-state index contributed by atoms with van der Waals surface area (Å²) in [5.74, 6) is -0.617. The summed E-state index contributed by atoms with van der Waals surface area (Å²) in [5.41, 5.74) is 1.61. The fourth-order valence-electron chi connectivity index (χ4n) is 3.64. The van der Waals surface area contributed by atoms with Crippen LogP contribution in [0.2, 0.25) is 0 Å². The van der Waals surface area contributed by atoms with E-state index in [1.807, 2.05) is 48.5 Å². The quantitative estimate of drug-likeness (QED) is 0.410. The lowest BCUT2D eigenvalue weighted by molar-refractivity contribution is 0.0603. The molecule has 28 heavy (non-hydrogen) atoms. The number of ether oxygens (including phenoxy) is 1. The Morgan fingerprint density at radius 1 is 0.893 bits per heavy atom. The van der Waals surface area contributed by atoms with Gasteiger partial charge in [-0.25, -0.2) is 4.79 Å². The van der Waals surface area contributed by atoms with Gasteiger partial charge in [0.25, 0.3) is 5.91 Å². The van der Waals surface area contributed by atoms with Crippen molar-refractivity contribution in [3.05, 3.63) is 84.3 Å². The van der Waals surface area contributed by atoms with Crippen LogP contribution in [0.5, 0.6) is 0 Å². The fourth-order valence-corrected chi connectivity index (χ4v) is 3.64. The average molecular weight is 369 g/mol. The van der Waals surface area contributed by atoms with Gasteiger partial charge in [-0.2, -0.15) is 0 Å². The molecule has 0 aliphatic carbocycles. The van der Waals surface area contributed by atoms with E-state index in [-0.39, 0.29) is 11.7 Å². The van der Waals surface area contributed by atoms with Crippen molar-refractivity contribution in [2.75, 3.05) is 7.11 Å². The van der Waals surface area contributed by atoms with Gasteiger partial charge in [-0.05, 0) is 29.0 Å². The van der Waals surface area contributed by atoms with Gasteiger partial charge in [-0.3, -0.25) is 9.36 Å². The lowest BCUT2D eigenvalue weighted by Crippen LogP contribution is -2.10. The van der Waals surface area contributed by atoms with Gasteiger partial charge in [0.15, 0.2) is 5.76 Å². The van der Waals surface area contributed by atoms with Gasteiger partial charge in [0.2, 0.25) is 0 Å². The molecule has 5 nitrogen and oxygen atoms in total. The van der Waals surface area contributed by atoms with Crippen molar-refractivity contribution < 1.29 is 18.7 Å². The molecule has 0 bridgehead atoms. The molecule has 0 saturated carbocycles. The molecule has 2 aromatic heterocycles. The van der Waals surface area contributed by atoms with Crippen molar-refractivity contribution in [2.45, 2.75) is 0 Å². The number of hydrogen-bond acceptors (Lipinski definition) is 4. The van der Waals surface area contributed by atoms with Crippen molar-refractivity contribution in [2.24, 2.45) is 0 Å². The summed E-state index contributed by atoms with van der Waals surface area (Å²) in [7, 11) is 1.32. The number of aromatic nitrogens is 1. The Morgan fingerprint density at radius 2 is 1.64 bits per heavy atom. The smallest absolute Gasteiger partial charge is 0.340 e. The Labute approximate surface area is 159 Å². The number of carbonyl (C=O) groups excluding carboxylic acids is 2. The van der Waals surface area contributed by atoms with Crippen LogP contribution in [0.4, 0.5) is 0 Å². The molecule has 3 aromatic carbocycles. The van der Waals surface area contributed by atoms with Crippen LogP contribution in [0.1, 0.15) is 20.9 Å². The first-order chi connectivity index (χ1) is 13.7. The lowest BCUT2D eigenvalue weighted by atomic mass is 10.1. The minimum atomic E-state index is -0.488. The molecular weight excluding hydrogens is 354 g/mol. The Kier molecular flexibility index (Phi) is 3.55. The van der Waals surface area contributed by atoms with Crippen LogP contribution >= 0.6 is 0 Å². The Bertz CT molecular complexity index is 1390. The first-order valence-corrected chi connectivity index (χ1v) is 8.82. The summed E-state index contributed by atoms with van der Waals surface area (Å²) in [5, 5.41) is 3.64. The van der Waals surface area contributed by atoms with Gasteiger partial charge >= 0.3 is 5.97 Å². The number of nitrogens with zero attached hydrogens (tertiary/aromatic N) is 1. The van der Waals surface area contributed by atoms with E-state index in [2.05, 4.69) is 0 Å². The van der Waals surface area contributed by atoms with Crippen molar-refractivity contribution in [1.82, 2.24) is 4.57 Å². The molecule has 136 valence electrons. The third-order valence-electron chi connectivity index (χ3n) is 4.97. The number of carbonyl (C=O) groups is 2. The molecule has 0 unspecified atom stereocenters. The highest BCUT2D eigenvalue weighted by atomic mass is 16.5. The Hall–Kier alpha value is -3.86. The number of furan rings is 1. The molecule has 0 fully saturated rings. The summed E-state index contributed by atoms with van der Waals surface area (Å²) in [6.07, 6.45) is 1.50. The molecule has 0 spiro atoms. The van der Waals surface area contributed by atoms with Crippen LogP contribution in [0.15, 0.2) is 77.3 Å². The molecule has 0 radical (unpaired) electrons. The third-order valence-corrected chi connectivity index (χ3v) is 4.97. The Morgan fingerprint density at radius 3 is 2.46 bits per heavy atom. The number of fused-ring (bicyclic) bond motifs is 4. The van der Waals surface area contributed by atoms with Crippen LogP contribution in [0.3, 0.4) is 0 Å². The zero-order valence-corrected chi connectivity index (χ0v) is 15.0. The number of benzene rings is 3. The second kappa shape index (κ2) is 6.09. The third kappa shape index (κ3) is 2.33. The maximum absolute atomic E-state index is 13.2. The topological polar surface area (TPSA) is 61.4 Å². The molecule has 0 aliphatic rings. The molecule has 5 aromatic rings. The maximum atomic E-state index is 13.2. The van der Waals surface area contributed by atoms with Gasteiger partial charge < -0.3 is 9.15 Å². The number of para-hydroxylation sites is 1. The highest BCUT2D eigenvalue weighted by molar-refractivity contribution is 6.12. The first-order valence-electron chi connectivity index (χ1n) is 8.82. The molecule has 0 N–H and O–H groups in total. The summed E-state index contributed by atoms with van der Waals surface area (Å²) >= 11 is 0. The predicted molar refractivity (Wildman–Crippen MR) is 107 cm³/mol. The van der Waals surface area contributed by atoms with E-state index in [0.717, 1.165) is 16.2 Å². The van der Waals surface area contributed by atoms with Crippen LogP contribution in [0, 0.1) is 0 Å². The van der Waals surface area contributed by atoms with E-state index in [4.69, 9.17) is 9.15 Å².